The maximum absolute atomic E-state index is 11.9. The third-order valence-electron chi connectivity index (χ3n) is 3.05. The average Bonchev–Trinajstić information content (AvgIpc) is 2.43. The minimum atomic E-state index is -1.45. The zero-order valence-corrected chi connectivity index (χ0v) is 12.9. The molecule has 0 aliphatic heterocycles. The van der Waals surface area contributed by atoms with Gasteiger partial charge in [0, 0.05) is 17.2 Å². The summed E-state index contributed by atoms with van der Waals surface area (Å²) < 4.78 is 0. The Bertz CT molecular complexity index is 668. The van der Waals surface area contributed by atoms with Crippen LogP contribution < -0.4 is 10.6 Å². The number of aryl methyl sites for hydroxylation is 1. The predicted molar refractivity (Wildman–Crippen MR) is 80.0 cm³/mol. The topological polar surface area (TPSA) is 139 Å². The first-order chi connectivity index (χ1) is 10.5. The Kier molecular flexibility index (Phi) is 5.39. The Balaban J connectivity index is 2.67. The molecule has 0 atom stereocenters. The molecule has 0 aromatic heterocycles. The molecule has 9 heteroatoms. The summed E-state index contributed by atoms with van der Waals surface area (Å²) in [5.41, 5.74) is -1.08. The Morgan fingerprint density at radius 3 is 2.39 bits per heavy atom. The molecule has 0 bridgehead atoms. The molecular formula is C14H17N3O6. The highest BCUT2D eigenvalue weighted by molar-refractivity contribution is 5.97. The molecule has 0 aliphatic carbocycles. The van der Waals surface area contributed by atoms with Gasteiger partial charge in [0.25, 0.3) is 11.6 Å². The second-order valence-corrected chi connectivity index (χ2v) is 5.42. The number of carboxylic acid groups (broad SMARTS) is 1. The van der Waals surface area contributed by atoms with Crippen LogP contribution in [0.4, 0.5) is 5.69 Å². The number of carbonyl (C=O) groups is 3. The molecule has 0 spiro atoms. The first-order valence-electron chi connectivity index (χ1n) is 6.62. The van der Waals surface area contributed by atoms with Crippen molar-refractivity contribution in [3.8, 4) is 0 Å². The maximum atomic E-state index is 11.9. The molecule has 9 nitrogen and oxygen atoms in total. The van der Waals surface area contributed by atoms with E-state index in [1.807, 2.05) is 0 Å². The van der Waals surface area contributed by atoms with E-state index in [0.29, 0.717) is 5.56 Å². The van der Waals surface area contributed by atoms with Gasteiger partial charge in [-0.05, 0) is 32.9 Å². The summed E-state index contributed by atoms with van der Waals surface area (Å²) in [5.74, 6) is -2.46. The lowest BCUT2D eigenvalue weighted by Crippen LogP contribution is -2.52. The number of amides is 2. The molecular weight excluding hydrogens is 306 g/mol. The van der Waals surface area contributed by atoms with Crippen LogP contribution >= 0.6 is 0 Å². The van der Waals surface area contributed by atoms with Gasteiger partial charge < -0.3 is 15.7 Å². The van der Waals surface area contributed by atoms with Gasteiger partial charge in [0.05, 0.1) is 11.5 Å². The largest absolute Gasteiger partial charge is 0.480 e. The van der Waals surface area contributed by atoms with Crippen molar-refractivity contribution in [1.82, 2.24) is 10.6 Å². The van der Waals surface area contributed by atoms with E-state index in [-0.39, 0.29) is 11.3 Å². The Labute approximate surface area is 131 Å². The van der Waals surface area contributed by atoms with E-state index in [4.69, 9.17) is 5.11 Å². The lowest BCUT2D eigenvalue weighted by atomic mass is 10.1. The van der Waals surface area contributed by atoms with Crippen LogP contribution in [0.15, 0.2) is 18.2 Å². The summed E-state index contributed by atoms with van der Waals surface area (Å²) in [6, 6.07) is 3.82. The van der Waals surface area contributed by atoms with Gasteiger partial charge in [0.1, 0.15) is 5.54 Å². The molecule has 0 unspecified atom stereocenters. The third-order valence-corrected chi connectivity index (χ3v) is 3.05. The molecule has 0 fully saturated rings. The van der Waals surface area contributed by atoms with Gasteiger partial charge in [-0.25, -0.2) is 4.79 Å². The summed E-state index contributed by atoms with van der Waals surface area (Å²) in [4.78, 5) is 44.6. The monoisotopic (exact) mass is 323 g/mol. The van der Waals surface area contributed by atoms with E-state index in [1.54, 1.807) is 0 Å². The van der Waals surface area contributed by atoms with Crippen LogP contribution in [0.3, 0.4) is 0 Å². The molecule has 0 saturated carbocycles. The molecule has 0 heterocycles. The normalized spacial score (nSPS) is 10.7. The van der Waals surface area contributed by atoms with Gasteiger partial charge in [0.2, 0.25) is 5.91 Å². The number of benzene rings is 1. The molecule has 2 amide bonds. The van der Waals surface area contributed by atoms with Crippen molar-refractivity contribution in [1.29, 1.82) is 0 Å². The van der Waals surface area contributed by atoms with Crippen LogP contribution in [-0.4, -0.2) is 39.9 Å². The van der Waals surface area contributed by atoms with Crippen LogP contribution in [0.1, 0.15) is 29.8 Å². The third kappa shape index (κ3) is 4.77. The molecule has 0 saturated heterocycles. The van der Waals surface area contributed by atoms with Crippen LogP contribution in [0.2, 0.25) is 0 Å². The minimum Gasteiger partial charge on any atom is -0.480 e. The van der Waals surface area contributed by atoms with Gasteiger partial charge in [0.15, 0.2) is 0 Å². The van der Waals surface area contributed by atoms with Gasteiger partial charge >= 0.3 is 5.97 Å². The van der Waals surface area contributed by atoms with Gasteiger partial charge in [-0.1, -0.05) is 0 Å². The fourth-order valence-electron chi connectivity index (χ4n) is 1.71. The van der Waals surface area contributed by atoms with Gasteiger partial charge in [-0.3, -0.25) is 19.7 Å². The van der Waals surface area contributed by atoms with E-state index >= 15 is 0 Å². The van der Waals surface area contributed by atoms with Crippen molar-refractivity contribution in [2.24, 2.45) is 0 Å². The van der Waals surface area contributed by atoms with E-state index in [0.717, 1.165) is 0 Å². The van der Waals surface area contributed by atoms with E-state index in [9.17, 15) is 24.5 Å². The number of nitrogens with one attached hydrogen (secondary N) is 2. The number of aliphatic carboxylic acids is 1. The first-order valence-corrected chi connectivity index (χ1v) is 6.62. The Morgan fingerprint density at radius 2 is 1.91 bits per heavy atom. The van der Waals surface area contributed by atoms with Gasteiger partial charge in [-0.2, -0.15) is 0 Å². The van der Waals surface area contributed by atoms with E-state index in [1.165, 1.54) is 39.0 Å². The van der Waals surface area contributed by atoms with Crippen molar-refractivity contribution < 1.29 is 24.4 Å². The quantitative estimate of drug-likeness (QED) is 0.518. The Hall–Kier alpha value is -2.97. The van der Waals surface area contributed by atoms with E-state index < -0.39 is 34.8 Å². The SMILES string of the molecule is Cc1cc(C(=O)NCC(=O)NC(C)(C)C(=O)O)ccc1[N+](=O)[O-]. The lowest BCUT2D eigenvalue weighted by molar-refractivity contribution is -0.385. The van der Waals surface area contributed by atoms with Crippen molar-refractivity contribution in [2.45, 2.75) is 26.3 Å². The highest BCUT2D eigenvalue weighted by Gasteiger charge is 2.28. The maximum Gasteiger partial charge on any atom is 0.328 e. The highest BCUT2D eigenvalue weighted by atomic mass is 16.6. The molecule has 1 aromatic carbocycles. The first kappa shape index (κ1) is 18.1. The second kappa shape index (κ2) is 6.86. The predicted octanol–water partition coefficient (Wildman–Crippen LogP) is 0.612. The van der Waals surface area contributed by atoms with Crippen molar-refractivity contribution in [3.05, 3.63) is 39.4 Å². The smallest absolute Gasteiger partial charge is 0.328 e. The molecule has 0 radical (unpaired) electrons. The van der Waals surface area contributed by atoms with Crippen molar-refractivity contribution in [3.63, 3.8) is 0 Å². The van der Waals surface area contributed by atoms with Crippen molar-refractivity contribution in [2.75, 3.05) is 6.54 Å². The summed E-state index contributed by atoms with van der Waals surface area (Å²) in [6.45, 7) is 3.71. The molecule has 23 heavy (non-hydrogen) atoms. The molecule has 0 aliphatic rings. The number of nitro groups is 1. The number of nitro benzene ring substituents is 1. The molecule has 3 N–H and O–H groups in total. The lowest BCUT2D eigenvalue weighted by Gasteiger charge is -2.21. The van der Waals surface area contributed by atoms with Gasteiger partial charge in [-0.15, -0.1) is 0 Å². The zero-order valence-electron chi connectivity index (χ0n) is 12.9. The molecule has 1 rings (SSSR count). The number of hydrogen-bond donors (Lipinski definition) is 3. The summed E-state index contributed by atoms with van der Waals surface area (Å²) in [7, 11) is 0. The van der Waals surface area contributed by atoms with Crippen LogP contribution in [0, 0.1) is 17.0 Å². The standard InChI is InChI=1S/C14H17N3O6/c1-8-6-9(4-5-10(8)17(22)23)12(19)15-7-11(18)16-14(2,3)13(20)21/h4-6H,7H2,1-3H3,(H,15,19)(H,16,18)(H,20,21). The number of nitrogens with zero attached hydrogens (tertiary/aromatic N) is 1. The number of carbonyl (C=O) groups excluding carboxylic acids is 2. The summed E-state index contributed by atoms with van der Waals surface area (Å²) in [5, 5.41) is 24.2. The second-order valence-electron chi connectivity index (χ2n) is 5.42. The average molecular weight is 323 g/mol. The number of rotatable bonds is 6. The summed E-state index contributed by atoms with van der Waals surface area (Å²) >= 11 is 0. The molecule has 124 valence electrons. The number of carboxylic acids is 1. The zero-order chi connectivity index (χ0) is 17.8. The number of hydrogen-bond acceptors (Lipinski definition) is 5. The van der Waals surface area contributed by atoms with Crippen molar-refractivity contribution >= 4 is 23.5 Å². The van der Waals surface area contributed by atoms with Crippen LogP contribution in [0.25, 0.3) is 0 Å². The van der Waals surface area contributed by atoms with Crippen LogP contribution in [0.5, 0.6) is 0 Å². The Morgan fingerprint density at radius 1 is 1.30 bits per heavy atom. The fraction of sp³-hybridized carbons (Fsp3) is 0.357. The van der Waals surface area contributed by atoms with E-state index in [2.05, 4.69) is 10.6 Å². The fourth-order valence-corrected chi connectivity index (χ4v) is 1.71. The molecule has 1 aromatic rings. The van der Waals surface area contributed by atoms with Crippen LogP contribution in [-0.2, 0) is 9.59 Å². The summed E-state index contributed by atoms with van der Waals surface area (Å²) in [6.07, 6.45) is 0. The highest BCUT2D eigenvalue weighted by Crippen LogP contribution is 2.18. The minimum absolute atomic E-state index is 0.109.